The van der Waals surface area contributed by atoms with Gasteiger partial charge in [0, 0.05) is 12.1 Å². The quantitative estimate of drug-likeness (QED) is 0.431. The number of benzene rings is 2. The number of hydrogen-bond donors (Lipinski definition) is 1. The van der Waals surface area contributed by atoms with Crippen molar-refractivity contribution in [1.29, 1.82) is 0 Å². The molecule has 1 N–H and O–H groups in total. The van der Waals surface area contributed by atoms with E-state index in [1.807, 2.05) is 19.1 Å². The van der Waals surface area contributed by atoms with E-state index in [-0.39, 0.29) is 11.4 Å². The largest absolute Gasteiger partial charge is 0.482 e. The van der Waals surface area contributed by atoms with Crippen LogP contribution in [0.3, 0.4) is 0 Å². The molecular formula is C18H17FN2O6. The van der Waals surface area contributed by atoms with Crippen LogP contribution in [0.1, 0.15) is 12.5 Å². The van der Waals surface area contributed by atoms with E-state index in [0.29, 0.717) is 5.75 Å². The van der Waals surface area contributed by atoms with Crippen LogP contribution in [0.2, 0.25) is 0 Å². The van der Waals surface area contributed by atoms with Crippen molar-refractivity contribution < 1.29 is 28.4 Å². The molecular weight excluding hydrogens is 359 g/mol. The van der Waals surface area contributed by atoms with Gasteiger partial charge in [0.1, 0.15) is 11.6 Å². The number of carbonyl (C=O) groups excluding carboxylic acids is 2. The molecule has 27 heavy (non-hydrogen) atoms. The van der Waals surface area contributed by atoms with Crippen LogP contribution in [-0.4, -0.2) is 30.0 Å². The molecule has 0 saturated carbocycles. The monoisotopic (exact) mass is 376 g/mol. The number of esters is 1. The molecule has 0 unspecified atom stereocenters. The minimum absolute atomic E-state index is 0.377. The number of carbonyl (C=O) groups is 2. The molecule has 0 radical (unpaired) electrons. The first-order chi connectivity index (χ1) is 12.9. The molecule has 0 bridgehead atoms. The molecule has 0 fully saturated rings. The fourth-order valence-electron chi connectivity index (χ4n) is 2.06. The zero-order valence-corrected chi connectivity index (χ0v) is 14.4. The SMILES string of the molecule is CCc1ccc(OCC(=O)OCC(=O)Nc2cc([N+](=O)[O-])ccc2F)cc1. The Hall–Kier alpha value is -3.49. The van der Waals surface area contributed by atoms with Gasteiger partial charge < -0.3 is 14.8 Å². The molecule has 0 atom stereocenters. The number of amides is 1. The van der Waals surface area contributed by atoms with Crippen molar-refractivity contribution in [3.63, 3.8) is 0 Å². The van der Waals surface area contributed by atoms with E-state index < -0.39 is 35.8 Å². The van der Waals surface area contributed by atoms with Crippen molar-refractivity contribution in [2.24, 2.45) is 0 Å². The molecule has 0 spiro atoms. The Morgan fingerprint density at radius 3 is 2.48 bits per heavy atom. The van der Waals surface area contributed by atoms with Crippen LogP contribution < -0.4 is 10.1 Å². The van der Waals surface area contributed by atoms with E-state index in [2.05, 4.69) is 5.32 Å². The van der Waals surface area contributed by atoms with Crippen molar-refractivity contribution in [2.75, 3.05) is 18.5 Å². The summed E-state index contributed by atoms with van der Waals surface area (Å²) in [5.74, 6) is -1.99. The standard InChI is InChI=1S/C18H17FN2O6/c1-2-12-3-6-14(7-4-12)26-11-18(23)27-10-17(22)20-16-9-13(21(24)25)5-8-15(16)19/h3-9H,2,10-11H2,1H3,(H,20,22). The topological polar surface area (TPSA) is 108 Å². The Kier molecular flexibility index (Phi) is 6.81. The predicted octanol–water partition coefficient (Wildman–Crippen LogP) is 2.86. The highest BCUT2D eigenvalue weighted by molar-refractivity contribution is 5.93. The van der Waals surface area contributed by atoms with Crippen molar-refractivity contribution >= 4 is 23.3 Å². The number of hydrogen-bond acceptors (Lipinski definition) is 6. The van der Waals surface area contributed by atoms with E-state index in [0.717, 1.165) is 30.2 Å². The van der Waals surface area contributed by atoms with Crippen molar-refractivity contribution in [2.45, 2.75) is 13.3 Å². The van der Waals surface area contributed by atoms with Crippen LogP contribution in [-0.2, 0) is 20.7 Å². The van der Waals surface area contributed by atoms with Gasteiger partial charge in [0.25, 0.3) is 11.6 Å². The zero-order valence-electron chi connectivity index (χ0n) is 14.4. The molecule has 0 aliphatic rings. The highest BCUT2D eigenvalue weighted by atomic mass is 19.1. The lowest BCUT2D eigenvalue weighted by Crippen LogP contribution is -2.24. The Balaban J connectivity index is 1.80. The highest BCUT2D eigenvalue weighted by Crippen LogP contribution is 2.21. The Labute approximate surface area is 154 Å². The van der Waals surface area contributed by atoms with Crippen molar-refractivity contribution in [3.8, 4) is 5.75 Å². The number of nitro benzene ring substituents is 1. The maximum Gasteiger partial charge on any atom is 0.344 e. The number of halogens is 1. The van der Waals surface area contributed by atoms with Gasteiger partial charge in [-0.1, -0.05) is 19.1 Å². The molecule has 2 rings (SSSR count). The molecule has 1 amide bonds. The second-order valence-corrected chi connectivity index (χ2v) is 5.42. The first-order valence-electron chi connectivity index (χ1n) is 8.00. The summed E-state index contributed by atoms with van der Waals surface area (Å²) < 4.78 is 23.6. The molecule has 2 aromatic carbocycles. The number of rotatable bonds is 8. The Morgan fingerprint density at radius 1 is 1.15 bits per heavy atom. The van der Waals surface area contributed by atoms with Crippen molar-refractivity contribution in [3.05, 3.63) is 64.0 Å². The minimum atomic E-state index is -0.848. The molecule has 0 aromatic heterocycles. The minimum Gasteiger partial charge on any atom is -0.482 e. The first-order valence-corrected chi connectivity index (χ1v) is 8.00. The third-order valence-corrected chi connectivity index (χ3v) is 3.49. The third-order valence-electron chi connectivity index (χ3n) is 3.49. The number of non-ortho nitro benzene ring substituents is 1. The normalized spacial score (nSPS) is 10.1. The van der Waals surface area contributed by atoms with Crippen LogP contribution in [0.4, 0.5) is 15.8 Å². The summed E-state index contributed by atoms with van der Waals surface area (Å²) in [6.07, 6.45) is 0.878. The van der Waals surface area contributed by atoms with Gasteiger partial charge in [-0.25, -0.2) is 9.18 Å². The van der Waals surface area contributed by atoms with Gasteiger partial charge in [0.15, 0.2) is 13.2 Å². The summed E-state index contributed by atoms with van der Waals surface area (Å²) in [5.41, 5.74) is 0.360. The second kappa shape index (κ2) is 9.27. The Morgan fingerprint density at radius 2 is 1.85 bits per heavy atom. The summed E-state index contributed by atoms with van der Waals surface area (Å²) >= 11 is 0. The second-order valence-electron chi connectivity index (χ2n) is 5.42. The maximum atomic E-state index is 13.6. The lowest BCUT2D eigenvalue weighted by molar-refractivity contribution is -0.384. The number of nitrogens with zero attached hydrogens (tertiary/aromatic N) is 1. The lowest BCUT2D eigenvalue weighted by atomic mass is 10.2. The average Bonchev–Trinajstić information content (AvgIpc) is 2.66. The fourth-order valence-corrected chi connectivity index (χ4v) is 2.06. The van der Waals surface area contributed by atoms with Gasteiger partial charge in [-0.3, -0.25) is 14.9 Å². The fraction of sp³-hybridized carbons (Fsp3) is 0.222. The van der Waals surface area contributed by atoms with Crippen LogP contribution >= 0.6 is 0 Å². The average molecular weight is 376 g/mol. The first kappa shape index (κ1) is 19.8. The van der Waals surface area contributed by atoms with Crippen LogP contribution in [0.5, 0.6) is 5.75 Å². The van der Waals surface area contributed by atoms with E-state index in [1.54, 1.807) is 12.1 Å². The molecule has 0 aliphatic heterocycles. The predicted molar refractivity (Wildman–Crippen MR) is 94.0 cm³/mol. The highest BCUT2D eigenvalue weighted by Gasteiger charge is 2.14. The van der Waals surface area contributed by atoms with Gasteiger partial charge in [0.05, 0.1) is 10.6 Å². The van der Waals surface area contributed by atoms with Gasteiger partial charge in [-0.2, -0.15) is 0 Å². The third kappa shape index (κ3) is 6.07. The zero-order chi connectivity index (χ0) is 19.8. The molecule has 9 heteroatoms. The number of aryl methyl sites for hydroxylation is 1. The summed E-state index contributed by atoms with van der Waals surface area (Å²) in [7, 11) is 0. The number of nitro groups is 1. The summed E-state index contributed by atoms with van der Waals surface area (Å²) in [6.45, 7) is 0.931. The van der Waals surface area contributed by atoms with Gasteiger partial charge in [0.2, 0.25) is 0 Å². The smallest absolute Gasteiger partial charge is 0.344 e. The van der Waals surface area contributed by atoms with E-state index in [9.17, 15) is 24.1 Å². The number of nitrogens with one attached hydrogen (secondary N) is 1. The molecule has 142 valence electrons. The maximum absolute atomic E-state index is 13.6. The molecule has 0 saturated heterocycles. The molecule has 2 aromatic rings. The summed E-state index contributed by atoms with van der Waals surface area (Å²) in [5, 5.41) is 12.8. The Bertz CT molecular complexity index is 838. The van der Waals surface area contributed by atoms with Gasteiger partial charge >= 0.3 is 5.97 Å². The van der Waals surface area contributed by atoms with E-state index in [1.165, 1.54) is 0 Å². The summed E-state index contributed by atoms with van der Waals surface area (Å²) in [4.78, 5) is 33.3. The van der Waals surface area contributed by atoms with Gasteiger partial charge in [-0.15, -0.1) is 0 Å². The van der Waals surface area contributed by atoms with E-state index in [4.69, 9.17) is 9.47 Å². The van der Waals surface area contributed by atoms with E-state index >= 15 is 0 Å². The van der Waals surface area contributed by atoms with Gasteiger partial charge in [-0.05, 0) is 30.2 Å². The number of anilines is 1. The van der Waals surface area contributed by atoms with Crippen LogP contribution in [0, 0.1) is 15.9 Å². The van der Waals surface area contributed by atoms with Crippen LogP contribution in [0.25, 0.3) is 0 Å². The van der Waals surface area contributed by atoms with Crippen LogP contribution in [0.15, 0.2) is 42.5 Å². The number of ether oxygens (including phenoxy) is 2. The molecule has 0 heterocycles. The molecule has 0 aliphatic carbocycles. The lowest BCUT2D eigenvalue weighted by Gasteiger charge is -2.09. The summed E-state index contributed by atoms with van der Waals surface area (Å²) in [6, 6.07) is 9.85. The van der Waals surface area contributed by atoms with Crippen molar-refractivity contribution in [1.82, 2.24) is 0 Å². The molecule has 8 nitrogen and oxygen atoms in total.